The third kappa shape index (κ3) is 8.34. The van der Waals surface area contributed by atoms with E-state index in [1.165, 1.54) is 0 Å². The second kappa shape index (κ2) is 8.17. The van der Waals surface area contributed by atoms with Crippen molar-refractivity contribution in [1.82, 2.24) is 0 Å². The van der Waals surface area contributed by atoms with E-state index in [4.69, 9.17) is 18.9 Å². The van der Waals surface area contributed by atoms with Gasteiger partial charge in [-0.05, 0) is 62.3 Å². The van der Waals surface area contributed by atoms with E-state index < -0.39 is 46.7 Å². The lowest BCUT2D eigenvalue weighted by molar-refractivity contribution is -0.246. The van der Waals surface area contributed by atoms with E-state index in [-0.39, 0.29) is 0 Å². The highest BCUT2D eigenvalue weighted by Gasteiger charge is 2.42. The van der Waals surface area contributed by atoms with Gasteiger partial charge in [0.2, 0.25) is 0 Å². The molecule has 7 nitrogen and oxygen atoms in total. The molecule has 0 aliphatic heterocycles. The van der Waals surface area contributed by atoms with Crippen LogP contribution in [0.5, 0.6) is 0 Å². The molecule has 0 aliphatic rings. The zero-order chi connectivity index (χ0) is 20.2. The minimum atomic E-state index is -1.53. The molecule has 0 heterocycles. The fourth-order valence-corrected chi connectivity index (χ4v) is 1.40. The summed E-state index contributed by atoms with van der Waals surface area (Å²) in [5.41, 5.74) is -2.44. The Morgan fingerprint density at radius 2 is 1.12 bits per heavy atom. The third-order valence-corrected chi connectivity index (χ3v) is 2.83. The van der Waals surface area contributed by atoms with E-state index in [9.17, 15) is 14.4 Å². The molecule has 0 unspecified atom stereocenters. The zero-order valence-electron chi connectivity index (χ0n) is 17.0. The van der Waals surface area contributed by atoms with Gasteiger partial charge in [-0.25, -0.2) is 4.79 Å². The molecule has 25 heavy (non-hydrogen) atoms. The average Bonchev–Trinajstić information content (AvgIpc) is 2.39. The van der Waals surface area contributed by atoms with Gasteiger partial charge >= 0.3 is 17.9 Å². The van der Waals surface area contributed by atoms with E-state index in [2.05, 4.69) is 0 Å². The van der Waals surface area contributed by atoms with E-state index in [0.717, 1.165) is 7.11 Å². The normalized spacial score (nSPS) is 15.1. The second-order valence-corrected chi connectivity index (χ2v) is 8.85. The number of carbonyl (C=O) groups excluding carboxylic acids is 3. The summed E-state index contributed by atoms with van der Waals surface area (Å²) < 4.78 is 21.0. The van der Waals surface area contributed by atoms with E-state index >= 15 is 0 Å². The first kappa shape index (κ1) is 23.4. The summed E-state index contributed by atoms with van der Waals surface area (Å²) in [7, 11) is 1.15. The van der Waals surface area contributed by atoms with Crippen molar-refractivity contribution in [2.24, 2.45) is 10.8 Å². The highest BCUT2D eigenvalue weighted by molar-refractivity contribution is 5.82. The van der Waals surface area contributed by atoms with Crippen molar-refractivity contribution in [1.29, 1.82) is 0 Å². The minimum absolute atomic E-state index is 0.595. The summed E-state index contributed by atoms with van der Waals surface area (Å²) in [4.78, 5) is 36.6. The second-order valence-electron chi connectivity index (χ2n) is 8.85. The molecule has 0 aliphatic carbocycles. The van der Waals surface area contributed by atoms with E-state index in [0.29, 0.717) is 0 Å². The summed E-state index contributed by atoms with van der Waals surface area (Å²) in [6, 6.07) is 0. The summed E-state index contributed by atoms with van der Waals surface area (Å²) in [5, 5.41) is 0. The van der Waals surface area contributed by atoms with Crippen molar-refractivity contribution in [3.63, 3.8) is 0 Å². The molecule has 0 N–H and O–H groups in total. The van der Waals surface area contributed by atoms with Crippen molar-refractivity contribution < 1.29 is 33.3 Å². The molecule has 0 saturated heterocycles. The predicted molar refractivity (Wildman–Crippen MR) is 91.5 cm³/mol. The number of ether oxygens (including phenoxy) is 4. The Morgan fingerprint density at radius 1 is 0.720 bits per heavy atom. The van der Waals surface area contributed by atoms with Gasteiger partial charge in [-0.2, -0.15) is 0 Å². The van der Waals surface area contributed by atoms with Crippen LogP contribution in [0, 0.1) is 10.8 Å². The molecule has 0 radical (unpaired) electrons. The number of rotatable bonds is 5. The standard InChI is InChI=1S/C18H32O7/c1-16(2,3)14(20)23-11(12(19)22-10)13(25-18(7,8)9)24-15(21)17(4,5)6/h11,13H,1-10H3/t11-,13-/m0/s1. The van der Waals surface area contributed by atoms with Crippen molar-refractivity contribution in [3.8, 4) is 0 Å². The quantitative estimate of drug-likeness (QED) is 0.423. The molecule has 0 aromatic heterocycles. The Labute approximate surface area is 150 Å². The molecule has 0 saturated carbocycles. The molecule has 0 amide bonds. The molecule has 0 aromatic rings. The van der Waals surface area contributed by atoms with Gasteiger partial charge in [0.05, 0.1) is 23.5 Å². The molecule has 0 rings (SSSR count). The Kier molecular flexibility index (Phi) is 7.63. The van der Waals surface area contributed by atoms with Crippen LogP contribution >= 0.6 is 0 Å². The topological polar surface area (TPSA) is 88.1 Å². The third-order valence-electron chi connectivity index (χ3n) is 2.83. The fraction of sp³-hybridized carbons (Fsp3) is 0.833. The Hall–Kier alpha value is -1.63. The van der Waals surface area contributed by atoms with Gasteiger partial charge in [0, 0.05) is 0 Å². The molecule has 0 fully saturated rings. The van der Waals surface area contributed by atoms with Crippen molar-refractivity contribution in [2.75, 3.05) is 7.11 Å². The fourth-order valence-electron chi connectivity index (χ4n) is 1.40. The zero-order valence-corrected chi connectivity index (χ0v) is 17.0. The summed E-state index contributed by atoms with van der Waals surface area (Å²) in [6.07, 6.45) is -2.95. The molecule has 0 bridgehead atoms. The summed E-state index contributed by atoms with van der Waals surface area (Å²) in [6.45, 7) is 15.1. The van der Waals surface area contributed by atoms with Gasteiger partial charge in [-0.1, -0.05) is 0 Å². The van der Waals surface area contributed by atoms with E-state index in [1.54, 1.807) is 62.3 Å². The Morgan fingerprint density at radius 3 is 1.44 bits per heavy atom. The average molecular weight is 360 g/mol. The van der Waals surface area contributed by atoms with Gasteiger partial charge in [0.25, 0.3) is 12.4 Å². The highest BCUT2D eigenvalue weighted by atomic mass is 16.7. The Balaban J connectivity index is 5.71. The lowest BCUT2D eigenvalue weighted by Gasteiger charge is -2.33. The summed E-state index contributed by atoms with van der Waals surface area (Å²) >= 11 is 0. The monoisotopic (exact) mass is 360 g/mol. The van der Waals surface area contributed by atoms with Crippen LogP contribution in [0.2, 0.25) is 0 Å². The van der Waals surface area contributed by atoms with Crippen LogP contribution in [-0.4, -0.2) is 43.0 Å². The first-order valence-corrected chi connectivity index (χ1v) is 8.17. The van der Waals surface area contributed by atoms with Gasteiger partial charge in [0.15, 0.2) is 0 Å². The molecular weight excluding hydrogens is 328 g/mol. The molecule has 146 valence electrons. The maximum Gasteiger partial charge on any atom is 0.353 e. The number of esters is 3. The number of carbonyl (C=O) groups is 3. The first-order valence-electron chi connectivity index (χ1n) is 8.17. The molecular formula is C18H32O7. The van der Waals surface area contributed by atoms with Crippen LogP contribution in [0.15, 0.2) is 0 Å². The maximum atomic E-state index is 12.3. The first-order chi connectivity index (χ1) is 11.0. The molecule has 7 heteroatoms. The van der Waals surface area contributed by atoms with Crippen molar-refractivity contribution in [3.05, 3.63) is 0 Å². The number of hydrogen-bond acceptors (Lipinski definition) is 7. The minimum Gasteiger partial charge on any atom is -0.466 e. The van der Waals surface area contributed by atoms with Crippen molar-refractivity contribution in [2.45, 2.75) is 80.3 Å². The van der Waals surface area contributed by atoms with Crippen LogP contribution < -0.4 is 0 Å². The lowest BCUT2D eigenvalue weighted by Crippen LogP contribution is -2.48. The Bertz CT molecular complexity index is 489. The number of methoxy groups -OCH3 is 1. The van der Waals surface area contributed by atoms with Crippen LogP contribution in [0.3, 0.4) is 0 Å². The maximum absolute atomic E-state index is 12.3. The molecule has 2 atom stereocenters. The van der Waals surface area contributed by atoms with Crippen molar-refractivity contribution >= 4 is 17.9 Å². The summed E-state index contributed by atoms with van der Waals surface area (Å²) in [5.74, 6) is -2.10. The van der Waals surface area contributed by atoms with Crippen LogP contribution in [-0.2, 0) is 33.3 Å². The highest BCUT2D eigenvalue weighted by Crippen LogP contribution is 2.24. The van der Waals surface area contributed by atoms with Crippen LogP contribution in [0.1, 0.15) is 62.3 Å². The smallest absolute Gasteiger partial charge is 0.353 e. The number of hydrogen-bond donors (Lipinski definition) is 0. The van der Waals surface area contributed by atoms with Gasteiger partial charge in [0.1, 0.15) is 0 Å². The predicted octanol–water partition coefficient (Wildman–Crippen LogP) is 2.85. The van der Waals surface area contributed by atoms with Gasteiger partial charge in [-0.3, -0.25) is 9.59 Å². The SMILES string of the molecule is COC(=O)[C@H](OC(=O)C(C)(C)C)[C@@H](OC(=O)C(C)(C)C)OC(C)(C)C. The van der Waals surface area contributed by atoms with Crippen LogP contribution in [0.25, 0.3) is 0 Å². The largest absolute Gasteiger partial charge is 0.466 e. The van der Waals surface area contributed by atoms with Gasteiger partial charge in [-0.15, -0.1) is 0 Å². The lowest BCUT2D eigenvalue weighted by atomic mass is 9.97. The van der Waals surface area contributed by atoms with Crippen LogP contribution in [0.4, 0.5) is 0 Å². The van der Waals surface area contributed by atoms with Gasteiger partial charge < -0.3 is 18.9 Å². The molecule has 0 aromatic carbocycles. The molecule has 0 spiro atoms. The van der Waals surface area contributed by atoms with E-state index in [1.807, 2.05) is 0 Å².